The fourth-order valence-electron chi connectivity index (χ4n) is 3.17. The molecule has 0 aliphatic carbocycles. The Kier molecular flexibility index (Phi) is 4.58. The monoisotopic (exact) mass is 418 g/mol. The maximum absolute atomic E-state index is 13.4. The van der Waals surface area contributed by atoms with Crippen molar-refractivity contribution >= 4 is 46.1 Å². The van der Waals surface area contributed by atoms with E-state index in [1.54, 1.807) is 33.3 Å². The Balaban J connectivity index is 1.63. The summed E-state index contributed by atoms with van der Waals surface area (Å²) in [6.07, 6.45) is 0. The standard InChI is InChI=1S/C22H15ClN4OS/c23-17-12-10-16(11-13-17)20(28)26-21-24-18-8-4-5-9-19(18)27(21)25-22(26)29-14-15-6-2-1-3-7-15/h1-13H,14H2. The molecule has 142 valence electrons. The van der Waals surface area contributed by atoms with Gasteiger partial charge in [0.15, 0.2) is 5.16 Å². The summed E-state index contributed by atoms with van der Waals surface area (Å²) in [7, 11) is 0. The number of halogens is 1. The number of thioether (sulfide) groups is 1. The van der Waals surface area contributed by atoms with E-state index in [4.69, 9.17) is 16.7 Å². The summed E-state index contributed by atoms with van der Waals surface area (Å²) >= 11 is 7.50. The van der Waals surface area contributed by atoms with E-state index in [-0.39, 0.29) is 5.91 Å². The zero-order valence-corrected chi connectivity index (χ0v) is 16.8. The molecule has 0 amide bonds. The quantitative estimate of drug-likeness (QED) is 0.371. The third kappa shape index (κ3) is 3.30. The number of nitrogens with zero attached hydrogens (tertiary/aromatic N) is 4. The number of benzene rings is 3. The molecule has 0 saturated carbocycles. The van der Waals surface area contributed by atoms with Crippen LogP contribution in [0.5, 0.6) is 0 Å². The van der Waals surface area contributed by atoms with Gasteiger partial charge in [-0.2, -0.15) is 4.52 Å². The number of aromatic nitrogens is 4. The number of para-hydroxylation sites is 2. The first-order valence-electron chi connectivity index (χ1n) is 9.04. The van der Waals surface area contributed by atoms with Crippen LogP contribution in [0.3, 0.4) is 0 Å². The van der Waals surface area contributed by atoms with Crippen molar-refractivity contribution in [3.8, 4) is 0 Å². The zero-order valence-electron chi connectivity index (χ0n) is 15.2. The fraction of sp³-hybridized carbons (Fsp3) is 0.0455. The van der Waals surface area contributed by atoms with Gasteiger partial charge in [-0.15, -0.1) is 5.10 Å². The lowest BCUT2D eigenvalue weighted by atomic mass is 10.2. The molecule has 0 unspecified atom stereocenters. The largest absolute Gasteiger partial charge is 0.268 e. The second-order valence-corrected chi connectivity index (χ2v) is 7.90. The van der Waals surface area contributed by atoms with Crippen molar-refractivity contribution in [3.05, 3.63) is 95.0 Å². The van der Waals surface area contributed by atoms with E-state index in [2.05, 4.69) is 17.1 Å². The lowest BCUT2D eigenvalue weighted by Gasteiger charge is -2.06. The molecule has 3 aromatic carbocycles. The smallest absolute Gasteiger partial charge is 0.266 e. The second kappa shape index (κ2) is 7.39. The minimum atomic E-state index is -0.185. The Hall–Kier alpha value is -3.09. The topological polar surface area (TPSA) is 52.2 Å². The van der Waals surface area contributed by atoms with Crippen LogP contribution in [-0.4, -0.2) is 25.1 Å². The van der Waals surface area contributed by atoms with Crippen molar-refractivity contribution in [2.45, 2.75) is 10.9 Å². The van der Waals surface area contributed by atoms with E-state index in [1.165, 1.54) is 11.8 Å². The number of imidazole rings is 1. The minimum Gasteiger partial charge on any atom is -0.268 e. The molecular formula is C22H15ClN4OS. The van der Waals surface area contributed by atoms with Crippen molar-refractivity contribution in [3.63, 3.8) is 0 Å². The Labute approximate surface area is 175 Å². The van der Waals surface area contributed by atoms with Gasteiger partial charge in [0, 0.05) is 16.3 Å². The predicted molar refractivity (Wildman–Crippen MR) is 116 cm³/mol. The molecule has 5 nitrogen and oxygen atoms in total. The number of carbonyl (C=O) groups excluding carboxylic acids is 1. The van der Waals surface area contributed by atoms with E-state index in [1.807, 2.05) is 42.5 Å². The van der Waals surface area contributed by atoms with E-state index in [9.17, 15) is 4.79 Å². The summed E-state index contributed by atoms with van der Waals surface area (Å²) in [5.41, 5.74) is 3.36. The Morgan fingerprint density at radius 2 is 1.66 bits per heavy atom. The zero-order chi connectivity index (χ0) is 19.8. The molecule has 0 saturated heterocycles. The van der Waals surface area contributed by atoms with Crippen LogP contribution in [0.25, 0.3) is 16.8 Å². The third-order valence-corrected chi connectivity index (χ3v) is 5.85. The number of carbonyl (C=O) groups is 1. The highest BCUT2D eigenvalue weighted by Crippen LogP contribution is 2.27. The van der Waals surface area contributed by atoms with Gasteiger partial charge in [-0.1, -0.05) is 65.8 Å². The van der Waals surface area contributed by atoms with Crippen LogP contribution in [0.15, 0.2) is 84.0 Å². The van der Waals surface area contributed by atoms with Crippen molar-refractivity contribution in [1.29, 1.82) is 0 Å². The van der Waals surface area contributed by atoms with Crippen LogP contribution >= 0.6 is 23.4 Å². The normalized spacial score (nSPS) is 11.3. The van der Waals surface area contributed by atoms with Gasteiger partial charge >= 0.3 is 0 Å². The Bertz CT molecular complexity index is 1330. The average molecular weight is 419 g/mol. The lowest BCUT2D eigenvalue weighted by Crippen LogP contribution is -2.13. The number of hydrogen-bond acceptors (Lipinski definition) is 4. The Morgan fingerprint density at radius 1 is 0.931 bits per heavy atom. The molecule has 5 rings (SSSR count). The number of fused-ring (bicyclic) bond motifs is 3. The fourth-order valence-corrected chi connectivity index (χ4v) is 4.22. The van der Waals surface area contributed by atoms with Gasteiger partial charge in [0.2, 0.25) is 5.78 Å². The molecular weight excluding hydrogens is 404 g/mol. The van der Waals surface area contributed by atoms with E-state index in [0.717, 1.165) is 16.6 Å². The molecule has 0 bridgehead atoms. The molecule has 29 heavy (non-hydrogen) atoms. The first-order chi connectivity index (χ1) is 14.2. The van der Waals surface area contributed by atoms with Crippen molar-refractivity contribution in [1.82, 2.24) is 19.2 Å². The van der Waals surface area contributed by atoms with E-state index < -0.39 is 0 Å². The molecule has 0 aliphatic rings. The van der Waals surface area contributed by atoms with Crippen LogP contribution in [0.1, 0.15) is 15.9 Å². The highest BCUT2D eigenvalue weighted by Gasteiger charge is 2.22. The summed E-state index contributed by atoms with van der Waals surface area (Å²) in [6.45, 7) is 0. The van der Waals surface area contributed by atoms with E-state index in [0.29, 0.717) is 27.3 Å². The highest BCUT2D eigenvalue weighted by atomic mass is 35.5. The van der Waals surface area contributed by atoms with Gasteiger partial charge < -0.3 is 0 Å². The van der Waals surface area contributed by atoms with Crippen molar-refractivity contribution < 1.29 is 4.79 Å². The van der Waals surface area contributed by atoms with Gasteiger partial charge in [0.05, 0.1) is 11.0 Å². The van der Waals surface area contributed by atoms with Gasteiger partial charge in [0.1, 0.15) is 0 Å². The summed E-state index contributed by atoms with van der Waals surface area (Å²) in [4.78, 5) is 18.0. The van der Waals surface area contributed by atoms with Gasteiger partial charge in [0.25, 0.3) is 5.91 Å². The third-order valence-electron chi connectivity index (χ3n) is 4.60. The van der Waals surface area contributed by atoms with Gasteiger partial charge in [-0.3, -0.25) is 4.79 Å². The van der Waals surface area contributed by atoms with Crippen molar-refractivity contribution in [2.24, 2.45) is 0 Å². The van der Waals surface area contributed by atoms with E-state index >= 15 is 0 Å². The molecule has 0 spiro atoms. The first kappa shape index (κ1) is 18.0. The molecule has 0 radical (unpaired) electrons. The van der Waals surface area contributed by atoms with Crippen LogP contribution in [-0.2, 0) is 5.75 Å². The number of rotatable bonds is 4. The van der Waals surface area contributed by atoms with Crippen LogP contribution in [0, 0.1) is 0 Å². The molecule has 2 aromatic heterocycles. The van der Waals surface area contributed by atoms with Gasteiger partial charge in [-0.25, -0.2) is 9.55 Å². The van der Waals surface area contributed by atoms with Crippen LogP contribution in [0.2, 0.25) is 5.02 Å². The first-order valence-corrected chi connectivity index (χ1v) is 10.4. The Morgan fingerprint density at radius 3 is 2.45 bits per heavy atom. The molecule has 0 N–H and O–H groups in total. The van der Waals surface area contributed by atoms with Crippen molar-refractivity contribution in [2.75, 3.05) is 0 Å². The molecule has 0 atom stereocenters. The highest BCUT2D eigenvalue weighted by molar-refractivity contribution is 7.98. The summed E-state index contributed by atoms with van der Waals surface area (Å²) in [5.74, 6) is 1.02. The van der Waals surface area contributed by atoms with Crippen LogP contribution < -0.4 is 0 Å². The summed E-state index contributed by atoms with van der Waals surface area (Å²) in [6, 6.07) is 24.7. The summed E-state index contributed by atoms with van der Waals surface area (Å²) < 4.78 is 3.31. The molecule has 0 fully saturated rings. The average Bonchev–Trinajstić information content (AvgIpc) is 3.28. The maximum atomic E-state index is 13.4. The number of hydrogen-bond donors (Lipinski definition) is 0. The molecule has 7 heteroatoms. The minimum absolute atomic E-state index is 0.185. The summed E-state index contributed by atoms with van der Waals surface area (Å²) in [5, 5.41) is 5.90. The van der Waals surface area contributed by atoms with Crippen LogP contribution in [0.4, 0.5) is 0 Å². The molecule has 5 aromatic rings. The SMILES string of the molecule is O=C(c1ccc(Cl)cc1)n1c(SCc2ccccc2)nn2c3ccccc3nc12. The predicted octanol–water partition coefficient (Wildman–Crippen LogP) is 5.32. The van der Waals surface area contributed by atoms with Gasteiger partial charge in [-0.05, 0) is 42.0 Å². The molecule has 2 heterocycles. The lowest BCUT2D eigenvalue weighted by molar-refractivity contribution is 0.0954. The molecule has 0 aliphatic heterocycles. The second-order valence-electron chi connectivity index (χ2n) is 6.52. The maximum Gasteiger partial charge on any atom is 0.266 e.